The fraction of sp³-hybridized carbons (Fsp3) is 0.769. The molecule has 0 bridgehead atoms. The molecule has 2 N–H and O–H groups in total. The third-order valence-electron chi connectivity index (χ3n) is 3.30. The molecule has 3 nitrogen and oxygen atoms in total. The zero-order valence-corrected chi connectivity index (χ0v) is 13.1. The van der Waals surface area contributed by atoms with Gasteiger partial charge in [-0.2, -0.15) is 5.10 Å². The molecule has 0 fully saturated rings. The molecular formula is C13H24BrN3. The van der Waals surface area contributed by atoms with Crippen LogP contribution in [0.1, 0.15) is 45.0 Å². The van der Waals surface area contributed by atoms with Crippen molar-refractivity contribution < 1.29 is 0 Å². The molecule has 1 heterocycles. The van der Waals surface area contributed by atoms with Gasteiger partial charge < -0.3 is 5.73 Å². The number of nitrogens with two attached hydrogens (primary N) is 1. The molecule has 0 aliphatic carbocycles. The first-order valence-corrected chi connectivity index (χ1v) is 6.96. The van der Waals surface area contributed by atoms with Crippen LogP contribution in [-0.2, 0) is 13.5 Å². The van der Waals surface area contributed by atoms with Crippen LogP contribution >= 0.6 is 15.9 Å². The Hall–Kier alpha value is -0.350. The Kier molecular flexibility index (Phi) is 4.78. The maximum absolute atomic E-state index is 6.16. The highest BCUT2D eigenvalue weighted by atomic mass is 79.9. The molecule has 0 aliphatic rings. The standard InChI is InChI=1S/C13H24BrN3/c1-9-12(14)10(17(5)16-9)7-6-8-11(15)13(2,3)4/h11H,6-8,15H2,1-5H3. The maximum Gasteiger partial charge on any atom is 0.0738 e. The minimum Gasteiger partial charge on any atom is -0.327 e. The second-order valence-corrected chi connectivity index (χ2v) is 6.63. The number of rotatable bonds is 4. The molecule has 0 saturated heterocycles. The highest BCUT2D eigenvalue weighted by molar-refractivity contribution is 9.10. The number of halogens is 1. The van der Waals surface area contributed by atoms with Gasteiger partial charge in [0.25, 0.3) is 0 Å². The zero-order valence-electron chi connectivity index (χ0n) is 11.5. The summed E-state index contributed by atoms with van der Waals surface area (Å²) in [6, 6.07) is 0.260. The van der Waals surface area contributed by atoms with Gasteiger partial charge in [-0.1, -0.05) is 20.8 Å². The van der Waals surface area contributed by atoms with Crippen LogP contribution in [0.15, 0.2) is 4.47 Å². The first-order valence-electron chi connectivity index (χ1n) is 6.17. The van der Waals surface area contributed by atoms with E-state index in [1.54, 1.807) is 0 Å². The van der Waals surface area contributed by atoms with Gasteiger partial charge in [-0.25, -0.2) is 0 Å². The van der Waals surface area contributed by atoms with Gasteiger partial charge >= 0.3 is 0 Å². The summed E-state index contributed by atoms with van der Waals surface area (Å²) in [5, 5.41) is 4.40. The summed E-state index contributed by atoms with van der Waals surface area (Å²) in [5.41, 5.74) is 8.68. The van der Waals surface area contributed by atoms with Crippen molar-refractivity contribution in [2.24, 2.45) is 18.2 Å². The van der Waals surface area contributed by atoms with Gasteiger partial charge in [0.05, 0.1) is 15.9 Å². The Balaban J connectivity index is 2.52. The Morgan fingerprint density at radius 3 is 2.41 bits per heavy atom. The Morgan fingerprint density at radius 1 is 1.41 bits per heavy atom. The molecule has 98 valence electrons. The minimum absolute atomic E-state index is 0.194. The third kappa shape index (κ3) is 3.81. The van der Waals surface area contributed by atoms with Gasteiger partial charge in [0, 0.05) is 13.1 Å². The molecule has 1 aromatic rings. The van der Waals surface area contributed by atoms with E-state index in [9.17, 15) is 0 Å². The van der Waals surface area contributed by atoms with Crippen molar-refractivity contribution >= 4 is 15.9 Å². The van der Waals surface area contributed by atoms with Crippen molar-refractivity contribution in [3.05, 3.63) is 15.9 Å². The van der Waals surface area contributed by atoms with Gasteiger partial charge in [-0.15, -0.1) is 0 Å². The molecule has 1 atom stereocenters. The molecule has 0 aliphatic heterocycles. The van der Waals surface area contributed by atoms with Gasteiger partial charge in [-0.05, 0) is 47.5 Å². The van der Waals surface area contributed by atoms with Gasteiger partial charge in [0.15, 0.2) is 0 Å². The minimum atomic E-state index is 0.194. The third-order valence-corrected chi connectivity index (χ3v) is 4.33. The molecule has 0 amide bonds. The predicted octanol–water partition coefficient (Wildman–Crippen LogP) is 3.19. The molecular weight excluding hydrogens is 278 g/mol. The molecule has 0 aromatic carbocycles. The predicted molar refractivity (Wildman–Crippen MR) is 76.0 cm³/mol. The lowest BCUT2D eigenvalue weighted by molar-refractivity contribution is 0.300. The van der Waals surface area contributed by atoms with E-state index in [0.717, 1.165) is 29.4 Å². The van der Waals surface area contributed by atoms with Crippen molar-refractivity contribution in [3.8, 4) is 0 Å². The van der Waals surface area contributed by atoms with E-state index in [1.807, 2.05) is 18.7 Å². The second kappa shape index (κ2) is 5.53. The van der Waals surface area contributed by atoms with Crippen LogP contribution in [0, 0.1) is 12.3 Å². The molecule has 4 heteroatoms. The summed E-state index contributed by atoms with van der Waals surface area (Å²) in [7, 11) is 2.00. The molecule has 17 heavy (non-hydrogen) atoms. The number of aryl methyl sites for hydroxylation is 2. The molecule has 0 spiro atoms. The quantitative estimate of drug-likeness (QED) is 0.928. The fourth-order valence-electron chi connectivity index (χ4n) is 1.87. The molecule has 1 unspecified atom stereocenters. The fourth-order valence-corrected chi connectivity index (χ4v) is 2.41. The monoisotopic (exact) mass is 301 g/mol. The van der Waals surface area contributed by atoms with Crippen molar-refractivity contribution in [1.29, 1.82) is 0 Å². The summed E-state index contributed by atoms with van der Waals surface area (Å²) in [5.74, 6) is 0. The lowest BCUT2D eigenvalue weighted by Gasteiger charge is -2.26. The molecule has 0 radical (unpaired) electrons. The van der Waals surface area contributed by atoms with E-state index in [2.05, 4.69) is 41.8 Å². The van der Waals surface area contributed by atoms with Crippen LogP contribution in [0.5, 0.6) is 0 Å². The largest absolute Gasteiger partial charge is 0.327 e. The Labute approximate surface area is 113 Å². The summed E-state index contributed by atoms with van der Waals surface area (Å²) in [6.45, 7) is 8.61. The summed E-state index contributed by atoms with van der Waals surface area (Å²) in [4.78, 5) is 0. The normalized spacial score (nSPS) is 14.1. The van der Waals surface area contributed by atoms with Crippen molar-refractivity contribution in [2.45, 2.75) is 53.0 Å². The van der Waals surface area contributed by atoms with Crippen molar-refractivity contribution in [2.75, 3.05) is 0 Å². The number of hydrogen-bond donors (Lipinski definition) is 1. The zero-order chi connectivity index (χ0) is 13.2. The van der Waals surface area contributed by atoms with E-state index in [1.165, 1.54) is 5.69 Å². The summed E-state index contributed by atoms with van der Waals surface area (Å²) < 4.78 is 3.10. The first kappa shape index (κ1) is 14.7. The lowest BCUT2D eigenvalue weighted by Crippen LogP contribution is -2.34. The van der Waals surface area contributed by atoms with E-state index >= 15 is 0 Å². The van der Waals surface area contributed by atoms with Crippen LogP contribution in [0.25, 0.3) is 0 Å². The van der Waals surface area contributed by atoms with Crippen molar-refractivity contribution in [3.63, 3.8) is 0 Å². The highest BCUT2D eigenvalue weighted by Crippen LogP contribution is 2.24. The summed E-state index contributed by atoms with van der Waals surface area (Å²) in [6.07, 6.45) is 3.19. The first-order chi connectivity index (χ1) is 7.73. The number of hydrogen-bond acceptors (Lipinski definition) is 2. The van der Waals surface area contributed by atoms with Gasteiger partial charge in [0.2, 0.25) is 0 Å². The SMILES string of the molecule is Cc1nn(C)c(CCCC(N)C(C)(C)C)c1Br. The molecule has 1 rings (SSSR count). The second-order valence-electron chi connectivity index (χ2n) is 5.83. The van der Waals surface area contributed by atoms with Gasteiger partial charge in [-0.3, -0.25) is 4.68 Å². The van der Waals surface area contributed by atoms with Crippen molar-refractivity contribution in [1.82, 2.24) is 9.78 Å². The topological polar surface area (TPSA) is 43.8 Å². The van der Waals surface area contributed by atoms with Crippen LogP contribution in [0.3, 0.4) is 0 Å². The maximum atomic E-state index is 6.16. The van der Waals surface area contributed by atoms with E-state index in [-0.39, 0.29) is 11.5 Å². The van der Waals surface area contributed by atoms with Gasteiger partial charge in [0.1, 0.15) is 0 Å². The average molecular weight is 302 g/mol. The van der Waals surface area contributed by atoms with Crippen LogP contribution in [-0.4, -0.2) is 15.8 Å². The lowest BCUT2D eigenvalue weighted by atomic mass is 9.84. The molecule has 1 aromatic heterocycles. The highest BCUT2D eigenvalue weighted by Gasteiger charge is 2.20. The number of aromatic nitrogens is 2. The van der Waals surface area contributed by atoms with E-state index in [4.69, 9.17) is 5.73 Å². The summed E-state index contributed by atoms with van der Waals surface area (Å²) >= 11 is 3.59. The molecule has 0 saturated carbocycles. The number of nitrogens with zero attached hydrogens (tertiary/aromatic N) is 2. The van der Waals surface area contributed by atoms with E-state index in [0.29, 0.717) is 0 Å². The Morgan fingerprint density at radius 2 is 2.00 bits per heavy atom. The van der Waals surface area contributed by atoms with Crippen LogP contribution < -0.4 is 5.73 Å². The smallest absolute Gasteiger partial charge is 0.0738 e. The van der Waals surface area contributed by atoms with Crippen LogP contribution in [0.4, 0.5) is 0 Å². The van der Waals surface area contributed by atoms with E-state index < -0.39 is 0 Å². The van der Waals surface area contributed by atoms with Crippen LogP contribution in [0.2, 0.25) is 0 Å². The Bertz CT molecular complexity index is 377. The average Bonchev–Trinajstić information content (AvgIpc) is 2.42.